The largest absolute Gasteiger partial charge is 0.468 e. The van der Waals surface area contributed by atoms with Gasteiger partial charge in [-0.15, -0.1) is 0 Å². The number of carbonyl (C=O) groups excluding carboxylic acids is 2. The molecule has 3 rings (SSSR count). The number of likely N-dealkylation sites (tertiary alicyclic amines) is 1. The van der Waals surface area contributed by atoms with Gasteiger partial charge < -0.3 is 9.64 Å². The third-order valence-corrected chi connectivity index (χ3v) is 4.83. The average molecular weight is 337 g/mol. The molecule has 2 aromatic carbocycles. The molecule has 4 nitrogen and oxygen atoms in total. The second kappa shape index (κ2) is 7.97. The number of benzene rings is 2. The van der Waals surface area contributed by atoms with Crippen molar-refractivity contribution in [3.63, 3.8) is 0 Å². The Balaban J connectivity index is 1.95. The summed E-state index contributed by atoms with van der Waals surface area (Å²) >= 11 is 0. The van der Waals surface area contributed by atoms with Gasteiger partial charge in [-0.25, -0.2) is 0 Å². The van der Waals surface area contributed by atoms with Crippen molar-refractivity contribution in [2.45, 2.75) is 31.2 Å². The molecule has 2 unspecified atom stereocenters. The predicted molar refractivity (Wildman–Crippen MR) is 96.3 cm³/mol. The lowest BCUT2D eigenvalue weighted by molar-refractivity contribution is -0.144. The minimum atomic E-state index is -0.459. The SMILES string of the molecule is COC(=O)C(c1ccccc1)C1CCCCN1C(=O)c1ccccc1. The van der Waals surface area contributed by atoms with Gasteiger partial charge >= 0.3 is 5.97 Å². The Morgan fingerprint density at radius 1 is 1.00 bits per heavy atom. The number of piperidine rings is 1. The number of amides is 1. The zero-order chi connectivity index (χ0) is 17.6. The molecule has 25 heavy (non-hydrogen) atoms. The monoisotopic (exact) mass is 337 g/mol. The van der Waals surface area contributed by atoms with Crippen molar-refractivity contribution in [3.8, 4) is 0 Å². The van der Waals surface area contributed by atoms with E-state index < -0.39 is 5.92 Å². The molecule has 1 heterocycles. The second-order valence-electron chi connectivity index (χ2n) is 6.34. The van der Waals surface area contributed by atoms with Crippen LogP contribution in [-0.2, 0) is 9.53 Å². The number of hydrogen-bond donors (Lipinski definition) is 0. The summed E-state index contributed by atoms with van der Waals surface area (Å²) in [4.78, 5) is 27.4. The highest BCUT2D eigenvalue weighted by atomic mass is 16.5. The summed E-state index contributed by atoms with van der Waals surface area (Å²) in [5, 5.41) is 0. The van der Waals surface area contributed by atoms with Gasteiger partial charge in [0.2, 0.25) is 0 Å². The first-order chi connectivity index (χ1) is 12.2. The summed E-state index contributed by atoms with van der Waals surface area (Å²) in [6, 6.07) is 18.7. The standard InChI is InChI=1S/C21H23NO3/c1-25-21(24)19(16-10-4-2-5-11-16)18-14-8-9-15-22(18)20(23)17-12-6-3-7-13-17/h2-7,10-13,18-19H,8-9,14-15H2,1H3. The molecule has 1 aliphatic heterocycles. The highest BCUT2D eigenvalue weighted by molar-refractivity contribution is 5.95. The van der Waals surface area contributed by atoms with Crippen LogP contribution in [0.3, 0.4) is 0 Å². The molecular formula is C21H23NO3. The van der Waals surface area contributed by atoms with E-state index in [-0.39, 0.29) is 17.9 Å². The van der Waals surface area contributed by atoms with Crippen molar-refractivity contribution >= 4 is 11.9 Å². The lowest BCUT2D eigenvalue weighted by atomic mass is 9.84. The van der Waals surface area contributed by atoms with Gasteiger partial charge in [-0.3, -0.25) is 9.59 Å². The number of rotatable bonds is 4. The number of ether oxygens (including phenoxy) is 1. The van der Waals surface area contributed by atoms with Gasteiger partial charge in [0.25, 0.3) is 5.91 Å². The molecule has 0 aromatic heterocycles. The van der Waals surface area contributed by atoms with Crippen molar-refractivity contribution in [2.75, 3.05) is 13.7 Å². The van der Waals surface area contributed by atoms with Gasteiger partial charge in [-0.05, 0) is 37.0 Å². The van der Waals surface area contributed by atoms with Gasteiger partial charge in [0.15, 0.2) is 0 Å². The topological polar surface area (TPSA) is 46.6 Å². The minimum Gasteiger partial charge on any atom is -0.468 e. The summed E-state index contributed by atoms with van der Waals surface area (Å²) in [5.74, 6) is -0.766. The number of hydrogen-bond acceptors (Lipinski definition) is 3. The summed E-state index contributed by atoms with van der Waals surface area (Å²) in [5.41, 5.74) is 1.55. The smallest absolute Gasteiger partial charge is 0.315 e. The van der Waals surface area contributed by atoms with Gasteiger partial charge in [-0.1, -0.05) is 48.5 Å². The average Bonchev–Trinajstić information content (AvgIpc) is 2.69. The van der Waals surface area contributed by atoms with Crippen molar-refractivity contribution < 1.29 is 14.3 Å². The summed E-state index contributed by atoms with van der Waals surface area (Å²) in [7, 11) is 1.41. The first-order valence-corrected chi connectivity index (χ1v) is 8.71. The quantitative estimate of drug-likeness (QED) is 0.800. The van der Waals surface area contributed by atoms with E-state index in [1.165, 1.54) is 7.11 Å². The van der Waals surface area contributed by atoms with E-state index in [9.17, 15) is 9.59 Å². The molecule has 1 aliphatic rings. The molecule has 0 spiro atoms. The summed E-state index contributed by atoms with van der Waals surface area (Å²) in [6.07, 6.45) is 2.76. The summed E-state index contributed by atoms with van der Waals surface area (Å²) in [6.45, 7) is 0.665. The molecule has 1 amide bonds. The number of esters is 1. The second-order valence-corrected chi connectivity index (χ2v) is 6.34. The zero-order valence-electron chi connectivity index (χ0n) is 14.4. The molecule has 130 valence electrons. The number of nitrogens with zero attached hydrogens (tertiary/aromatic N) is 1. The molecule has 0 bridgehead atoms. The maximum atomic E-state index is 13.0. The molecule has 1 fully saturated rings. The van der Waals surface area contributed by atoms with E-state index in [0.29, 0.717) is 12.1 Å². The fourth-order valence-corrected chi connectivity index (χ4v) is 3.61. The van der Waals surface area contributed by atoms with Gasteiger partial charge in [0, 0.05) is 18.2 Å². The van der Waals surface area contributed by atoms with Crippen LogP contribution in [0.5, 0.6) is 0 Å². The first-order valence-electron chi connectivity index (χ1n) is 8.71. The fraction of sp³-hybridized carbons (Fsp3) is 0.333. The Hall–Kier alpha value is -2.62. The van der Waals surface area contributed by atoms with Crippen LogP contribution < -0.4 is 0 Å². The fourth-order valence-electron chi connectivity index (χ4n) is 3.61. The molecule has 4 heteroatoms. The number of methoxy groups -OCH3 is 1. The van der Waals surface area contributed by atoms with Crippen LogP contribution in [0.25, 0.3) is 0 Å². The van der Waals surface area contributed by atoms with E-state index in [1.807, 2.05) is 65.6 Å². The van der Waals surface area contributed by atoms with Gasteiger partial charge in [-0.2, -0.15) is 0 Å². The maximum Gasteiger partial charge on any atom is 0.315 e. The molecule has 2 atom stereocenters. The summed E-state index contributed by atoms with van der Waals surface area (Å²) < 4.78 is 5.08. The van der Waals surface area contributed by atoms with E-state index >= 15 is 0 Å². The highest BCUT2D eigenvalue weighted by Crippen LogP contribution is 2.32. The van der Waals surface area contributed by atoms with Crippen molar-refractivity contribution in [3.05, 3.63) is 71.8 Å². The van der Waals surface area contributed by atoms with Crippen LogP contribution in [-0.4, -0.2) is 36.5 Å². The van der Waals surface area contributed by atoms with Crippen LogP contribution in [0.4, 0.5) is 0 Å². The van der Waals surface area contributed by atoms with Crippen LogP contribution >= 0.6 is 0 Å². The minimum absolute atomic E-state index is 0.0184. The Bertz CT molecular complexity index is 714. The molecule has 2 aromatic rings. The first kappa shape index (κ1) is 17.2. The lowest BCUT2D eigenvalue weighted by Crippen LogP contribution is -2.48. The van der Waals surface area contributed by atoms with E-state index in [2.05, 4.69) is 0 Å². The van der Waals surface area contributed by atoms with Crippen LogP contribution in [0.15, 0.2) is 60.7 Å². The Labute approximate surface area is 148 Å². The Morgan fingerprint density at radius 3 is 2.28 bits per heavy atom. The molecule has 1 saturated heterocycles. The third kappa shape index (κ3) is 3.73. The Kier molecular flexibility index (Phi) is 5.49. The molecule has 0 saturated carbocycles. The van der Waals surface area contributed by atoms with E-state index in [0.717, 1.165) is 24.8 Å². The van der Waals surface area contributed by atoms with Crippen molar-refractivity contribution in [2.24, 2.45) is 0 Å². The van der Waals surface area contributed by atoms with E-state index in [4.69, 9.17) is 4.74 Å². The molecule has 0 aliphatic carbocycles. The van der Waals surface area contributed by atoms with Crippen LogP contribution in [0.2, 0.25) is 0 Å². The maximum absolute atomic E-state index is 13.0. The third-order valence-electron chi connectivity index (χ3n) is 4.83. The van der Waals surface area contributed by atoms with Crippen LogP contribution in [0, 0.1) is 0 Å². The Morgan fingerprint density at radius 2 is 1.64 bits per heavy atom. The number of carbonyl (C=O) groups is 2. The van der Waals surface area contributed by atoms with Gasteiger partial charge in [0.1, 0.15) is 5.92 Å². The predicted octanol–water partition coefficient (Wildman–Crippen LogP) is 3.64. The van der Waals surface area contributed by atoms with Crippen molar-refractivity contribution in [1.29, 1.82) is 0 Å². The normalized spacial score (nSPS) is 18.4. The van der Waals surface area contributed by atoms with Crippen molar-refractivity contribution in [1.82, 2.24) is 4.90 Å². The van der Waals surface area contributed by atoms with E-state index in [1.54, 1.807) is 0 Å². The molecule has 0 N–H and O–H groups in total. The van der Waals surface area contributed by atoms with Gasteiger partial charge in [0.05, 0.1) is 7.11 Å². The van der Waals surface area contributed by atoms with Crippen LogP contribution in [0.1, 0.15) is 41.1 Å². The molecular weight excluding hydrogens is 314 g/mol. The zero-order valence-corrected chi connectivity index (χ0v) is 14.4. The highest BCUT2D eigenvalue weighted by Gasteiger charge is 2.38. The lowest BCUT2D eigenvalue weighted by Gasteiger charge is -2.39. The molecule has 0 radical (unpaired) electrons.